The Balaban J connectivity index is 2.16. The van der Waals surface area contributed by atoms with Gasteiger partial charge in [0.2, 0.25) is 0 Å². The lowest BCUT2D eigenvalue weighted by molar-refractivity contribution is 0.0597. The second-order valence-electron chi connectivity index (χ2n) is 5.81. The van der Waals surface area contributed by atoms with Crippen LogP contribution in [-0.2, 0) is 4.74 Å². The maximum atomic E-state index is 11.8. The van der Waals surface area contributed by atoms with E-state index in [0.717, 1.165) is 25.7 Å². The number of esters is 1. The average Bonchev–Trinajstić information content (AvgIpc) is 2.60. The summed E-state index contributed by atoms with van der Waals surface area (Å²) in [6, 6.07) is 3.49. The van der Waals surface area contributed by atoms with Gasteiger partial charge in [-0.1, -0.05) is 0 Å². The monoisotopic (exact) mass is 320 g/mol. The van der Waals surface area contributed by atoms with Gasteiger partial charge in [0, 0.05) is 36.2 Å². The van der Waals surface area contributed by atoms with Crippen LogP contribution in [0.1, 0.15) is 41.6 Å². The molecule has 0 aliphatic heterocycles. The molecule has 1 saturated carbocycles. The number of nitrogens with two attached hydrogens (primary N) is 1. The molecule has 1 aliphatic carbocycles. The van der Waals surface area contributed by atoms with Crippen molar-refractivity contribution in [1.29, 1.82) is 0 Å². The van der Waals surface area contributed by atoms with Crippen molar-refractivity contribution in [2.45, 2.75) is 31.7 Å². The smallest absolute Gasteiger partial charge is 0.341 e. The number of nitrogens with zero attached hydrogens (tertiary/aromatic N) is 1. The predicted molar refractivity (Wildman–Crippen MR) is 89.2 cm³/mol. The zero-order chi connectivity index (χ0) is 16.8. The van der Waals surface area contributed by atoms with E-state index in [1.54, 1.807) is 18.3 Å². The number of anilines is 1. The number of nitrogen functional groups attached to an aromatic ring is 1. The Morgan fingerprint density at radius 3 is 2.61 bits per heavy atom. The molecule has 1 aliphatic rings. The number of hydrogen-bond donors (Lipinski definition) is 2. The fourth-order valence-corrected chi connectivity index (χ4v) is 2.82. The third-order valence-electron chi connectivity index (χ3n) is 4.31. The molecule has 2 rings (SSSR count). The van der Waals surface area contributed by atoms with E-state index in [-0.39, 0.29) is 12.6 Å². The van der Waals surface area contributed by atoms with E-state index in [4.69, 9.17) is 20.3 Å². The molecule has 0 atom stereocenters. The van der Waals surface area contributed by atoms with Crippen molar-refractivity contribution in [3.8, 4) is 5.75 Å². The van der Waals surface area contributed by atoms with Crippen LogP contribution in [0.25, 0.3) is 0 Å². The lowest BCUT2D eigenvalue weighted by Crippen LogP contribution is -2.19. The average molecular weight is 320 g/mol. The molecule has 1 aromatic rings. The fraction of sp³-hybridized carbons (Fsp3) is 0.529. The van der Waals surface area contributed by atoms with Crippen molar-refractivity contribution in [2.75, 3.05) is 26.6 Å². The van der Waals surface area contributed by atoms with Crippen LogP contribution in [0.4, 0.5) is 5.69 Å². The number of carbonyl (C=O) groups excluding carboxylic acids is 1. The molecular weight excluding hydrogens is 296 g/mol. The van der Waals surface area contributed by atoms with Gasteiger partial charge in [0.1, 0.15) is 11.3 Å². The quantitative estimate of drug-likeness (QED) is 0.492. The highest BCUT2D eigenvalue weighted by molar-refractivity contribution is 5.97. The molecule has 0 radical (unpaired) electrons. The van der Waals surface area contributed by atoms with Crippen molar-refractivity contribution < 1.29 is 19.4 Å². The number of aliphatic imine (C=N–C) groups is 1. The molecule has 0 amide bonds. The zero-order valence-electron chi connectivity index (χ0n) is 13.6. The number of hydrogen-bond acceptors (Lipinski definition) is 6. The minimum absolute atomic E-state index is 0.237. The van der Waals surface area contributed by atoms with E-state index in [1.807, 2.05) is 0 Å². The Bertz CT molecular complexity index is 578. The molecule has 23 heavy (non-hydrogen) atoms. The van der Waals surface area contributed by atoms with Crippen LogP contribution in [0.2, 0.25) is 0 Å². The number of methoxy groups -OCH3 is 2. The van der Waals surface area contributed by atoms with E-state index in [2.05, 4.69) is 4.99 Å². The van der Waals surface area contributed by atoms with E-state index < -0.39 is 5.97 Å². The number of carbonyl (C=O) groups is 1. The summed E-state index contributed by atoms with van der Waals surface area (Å²) in [4.78, 5) is 16.4. The Morgan fingerprint density at radius 2 is 2.04 bits per heavy atom. The molecule has 126 valence electrons. The summed E-state index contributed by atoms with van der Waals surface area (Å²) >= 11 is 0. The summed E-state index contributed by atoms with van der Waals surface area (Å²) in [5.41, 5.74) is 7.52. The van der Waals surface area contributed by atoms with Crippen LogP contribution in [0.15, 0.2) is 17.1 Å². The summed E-state index contributed by atoms with van der Waals surface area (Å²) < 4.78 is 9.94. The number of aliphatic hydroxyl groups is 1. The molecule has 6 nitrogen and oxygen atoms in total. The third-order valence-corrected chi connectivity index (χ3v) is 4.31. The van der Waals surface area contributed by atoms with Gasteiger partial charge in [-0.2, -0.15) is 0 Å². The highest BCUT2D eigenvalue weighted by atomic mass is 16.5. The molecule has 1 aromatic carbocycles. The van der Waals surface area contributed by atoms with Gasteiger partial charge in [0.25, 0.3) is 0 Å². The molecule has 6 heteroatoms. The second-order valence-corrected chi connectivity index (χ2v) is 5.81. The predicted octanol–water partition coefficient (Wildman–Crippen LogP) is 2.03. The SMILES string of the molecule is COC(=O)c1cc(C=NC2CCC(CO)CC2)c(N)cc1OC. The van der Waals surface area contributed by atoms with E-state index in [0.29, 0.717) is 28.5 Å². The Hall–Kier alpha value is -2.08. The van der Waals surface area contributed by atoms with Crippen molar-refractivity contribution in [1.82, 2.24) is 0 Å². The van der Waals surface area contributed by atoms with Gasteiger partial charge in [-0.15, -0.1) is 0 Å². The first-order chi connectivity index (χ1) is 11.1. The standard InChI is InChI=1S/C17H24N2O4/c1-22-16-8-15(18)12(7-14(16)17(21)23-2)9-19-13-5-3-11(10-20)4-6-13/h7-9,11,13,20H,3-6,10,18H2,1-2H3. The van der Waals surface area contributed by atoms with Crippen LogP contribution in [0.5, 0.6) is 5.75 Å². The summed E-state index contributed by atoms with van der Waals surface area (Å²) in [5, 5.41) is 9.17. The molecule has 0 aromatic heterocycles. The lowest BCUT2D eigenvalue weighted by atomic mass is 9.87. The van der Waals surface area contributed by atoms with E-state index in [9.17, 15) is 4.79 Å². The van der Waals surface area contributed by atoms with E-state index in [1.165, 1.54) is 14.2 Å². The number of ether oxygens (including phenoxy) is 2. The van der Waals surface area contributed by atoms with Crippen LogP contribution in [-0.4, -0.2) is 44.2 Å². The van der Waals surface area contributed by atoms with Gasteiger partial charge in [0.05, 0.1) is 14.2 Å². The summed E-state index contributed by atoms with van der Waals surface area (Å²) in [6.45, 7) is 0.254. The van der Waals surface area contributed by atoms with Crippen LogP contribution < -0.4 is 10.5 Å². The Kier molecular flexibility index (Phi) is 5.98. The van der Waals surface area contributed by atoms with Crippen LogP contribution in [0.3, 0.4) is 0 Å². The van der Waals surface area contributed by atoms with Gasteiger partial charge in [-0.05, 0) is 37.7 Å². The molecule has 3 N–H and O–H groups in total. The number of aliphatic hydroxyl groups excluding tert-OH is 1. The van der Waals surface area contributed by atoms with E-state index >= 15 is 0 Å². The van der Waals surface area contributed by atoms with Crippen molar-refractivity contribution in [3.63, 3.8) is 0 Å². The second kappa shape index (κ2) is 7.97. The third kappa shape index (κ3) is 4.22. The number of benzene rings is 1. The minimum atomic E-state index is -0.472. The molecule has 0 spiro atoms. The first kappa shape index (κ1) is 17.3. The Labute approximate surface area is 136 Å². The molecular formula is C17H24N2O4. The summed E-state index contributed by atoms with van der Waals surface area (Å²) in [6.07, 6.45) is 5.61. The topological polar surface area (TPSA) is 94.1 Å². The first-order valence-electron chi connectivity index (χ1n) is 7.78. The Morgan fingerprint density at radius 1 is 1.35 bits per heavy atom. The number of rotatable bonds is 5. The molecule has 1 fully saturated rings. The van der Waals surface area contributed by atoms with Crippen LogP contribution in [0, 0.1) is 5.92 Å². The van der Waals surface area contributed by atoms with Gasteiger partial charge in [-0.3, -0.25) is 4.99 Å². The van der Waals surface area contributed by atoms with Crippen molar-refractivity contribution in [3.05, 3.63) is 23.3 Å². The summed E-state index contributed by atoms with van der Waals surface area (Å²) in [7, 11) is 2.81. The maximum absolute atomic E-state index is 11.8. The van der Waals surface area contributed by atoms with Gasteiger partial charge in [0.15, 0.2) is 0 Å². The minimum Gasteiger partial charge on any atom is -0.496 e. The van der Waals surface area contributed by atoms with Gasteiger partial charge in [-0.25, -0.2) is 4.79 Å². The lowest BCUT2D eigenvalue weighted by Gasteiger charge is -2.24. The van der Waals surface area contributed by atoms with Gasteiger partial charge >= 0.3 is 5.97 Å². The molecule has 0 saturated heterocycles. The summed E-state index contributed by atoms with van der Waals surface area (Å²) in [5.74, 6) is 0.313. The first-order valence-corrected chi connectivity index (χ1v) is 7.78. The highest BCUT2D eigenvalue weighted by Crippen LogP contribution is 2.27. The van der Waals surface area contributed by atoms with Gasteiger partial charge < -0.3 is 20.3 Å². The largest absolute Gasteiger partial charge is 0.496 e. The highest BCUT2D eigenvalue weighted by Gasteiger charge is 2.20. The normalized spacial score (nSPS) is 21.3. The molecule has 0 bridgehead atoms. The fourth-order valence-electron chi connectivity index (χ4n) is 2.82. The van der Waals surface area contributed by atoms with Crippen LogP contribution >= 0.6 is 0 Å². The maximum Gasteiger partial charge on any atom is 0.341 e. The zero-order valence-corrected chi connectivity index (χ0v) is 13.6. The van der Waals surface area contributed by atoms with Crippen molar-refractivity contribution in [2.24, 2.45) is 10.9 Å². The molecule has 0 unspecified atom stereocenters. The van der Waals surface area contributed by atoms with Crippen molar-refractivity contribution >= 4 is 17.9 Å². The molecule has 0 heterocycles.